The molecule has 0 bridgehead atoms. The fourth-order valence-electron chi connectivity index (χ4n) is 1.17. The Labute approximate surface area is 84.1 Å². The van der Waals surface area contributed by atoms with E-state index in [2.05, 4.69) is 25.9 Å². The van der Waals surface area contributed by atoms with Gasteiger partial charge in [0.2, 0.25) is 0 Å². The van der Waals surface area contributed by atoms with E-state index in [4.69, 9.17) is 5.73 Å². The molecular formula is C9H8BrN3. The maximum absolute atomic E-state index is 5.69. The highest BCUT2D eigenvalue weighted by atomic mass is 79.9. The van der Waals surface area contributed by atoms with E-state index in [9.17, 15) is 0 Å². The van der Waals surface area contributed by atoms with Crippen molar-refractivity contribution in [3.8, 4) is 11.4 Å². The zero-order chi connectivity index (χ0) is 9.26. The number of nitrogen functional groups attached to an aromatic ring is 1. The zero-order valence-electron chi connectivity index (χ0n) is 6.79. The van der Waals surface area contributed by atoms with Gasteiger partial charge in [0.25, 0.3) is 0 Å². The number of nitrogens with one attached hydrogen (secondary N) is 1. The largest absolute Gasteiger partial charge is 0.399 e. The van der Waals surface area contributed by atoms with Crippen molar-refractivity contribution < 1.29 is 0 Å². The van der Waals surface area contributed by atoms with E-state index >= 15 is 0 Å². The third kappa shape index (κ3) is 1.72. The first-order chi connectivity index (χ1) is 6.25. The van der Waals surface area contributed by atoms with Gasteiger partial charge in [0.1, 0.15) is 5.82 Å². The highest BCUT2D eigenvalue weighted by molar-refractivity contribution is 9.10. The van der Waals surface area contributed by atoms with E-state index in [0.717, 1.165) is 21.5 Å². The third-order valence-electron chi connectivity index (χ3n) is 1.69. The first-order valence-corrected chi connectivity index (χ1v) is 4.61. The number of nitrogens with zero attached hydrogens (tertiary/aromatic N) is 1. The van der Waals surface area contributed by atoms with Gasteiger partial charge < -0.3 is 10.7 Å². The molecular weight excluding hydrogens is 230 g/mol. The van der Waals surface area contributed by atoms with Crippen molar-refractivity contribution >= 4 is 21.6 Å². The molecule has 0 atom stereocenters. The molecule has 0 aliphatic rings. The minimum Gasteiger partial charge on any atom is -0.399 e. The van der Waals surface area contributed by atoms with Crippen LogP contribution >= 0.6 is 15.9 Å². The first kappa shape index (κ1) is 8.31. The van der Waals surface area contributed by atoms with Crippen LogP contribution in [0.15, 0.2) is 35.1 Å². The first-order valence-electron chi connectivity index (χ1n) is 3.81. The van der Waals surface area contributed by atoms with Crippen molar-refractivity contribution in [2.45, 2.75) is 0 Å². The molecule has 0 fully saturated rings. The SMILES string of the molecule is Nc1cc(Br)cc(-c2ncc[nH]2)c1. The molecule has 0 radical (unpaired) electrons. The van der Waals surface area contributed by atoms with Gasteiger partial charge in [-0.05, 0) is 18.2 Å². The molecule has 0 saturated heterocycles. The molecule has 2 aromatic rings. The molecule has 0 spiro atoms. The van der Waals surface area contributed by atoms with Gasteiger partial charge in [-0.1, -0.05) is 15.9 Å². The summed E-state index contributed by atoms with van der Waals surface area (Å²) in [6.45, 7) is 0. The Kier molecular flexibility index (Phi) is 2.06. The summed E-state index contributed by atoms with van der Waals surface area (Å²) in [6, 6.07) is 5.70. The molecule has 2 rings (SSSR count). The molecule has 0 aliphatic heterocycles. The smallest absolute Gasteiger partial charge is 0.137 e. The average Bonchev–Trinajstić information content (AvgIpc) is 2.53. The van der Waals surface area contributed by atoms with Crippen LogP contribution in [-0.4, -0.2) is 9.97 Å². The van der Waals surface area contributed by atoms with Crippen LogP contribution < -0.4 is 5.73 Å². The zero-order valence-corrected chi connectivity index (χ0v) is 8.38. The number of aromatic nitrogens is 2. The molecule has 1 heterocycles. The van der Waals surface area contributed by atoms with Gasteiger partial charge in [0.05, 0.1) is 0 Å². The van der Waals surface area contributed by atoms with Crippen LogP contribution in [0.2, 0.25) is 0 Å². The Morgan fingerprint density at radius 3 is 2.77 bits per heavy atom. The lowest BCUT2D eigenvalue weighted by Crippen LogP contribution is -1.87. The summed E-state index contributed by atoms with van der Waals surface area (Å²) in [5.41, 5.74) is 7.40. The van der Waals surface area contributed by atoms with Gasteiger partial charge in [0, 0.05) is 28.1 Å². The predicted molar refractivity (Wildman–Crippen MR) is 56.1 cm³/mol. The fraction of sp³-hybridized carbons (Fsp3) is 0. The Balaban J connectivity index is 2.53. The maximum atomic E-state index is 5.69. The van der Waals surface area contributed by atoms with Gasteiger partial charge in [-0.3, -0.25) is 0 Å². The molecule has 0 unspecified atom stereocenters. The number of imidazole rings is 1. The second kappa shape index (κ2) is 3.22. The molecule has 3 nitrogen and oxygen atoms in total. The quantitative estimate of drug-likeness (QED) is 0.749. The number of rotatable bonds is 1. The van der Waals surface area contributed by atoms with E-state index < -0.39 is 0 Å². The molecule has 0 saturated carbocycles. The van der Waals surface area contributed by atoms with E-state index in [1.165, 1.54) is 0 Å². The number of H-pyrrole nitrogens is 1. The summed E-state index contributed by atoms with van der Waals surface area (Å²) in [4.78, 5) is 7.16. The van der Waals surface area contributed by atoms with Crippen LogP contribution in [-0.2, 0) is 0 Å². The highest BCUT2D eigenvalue weighted by Gasteiger charge is 2.01. The summed E-state index contributed by atoms with van der Waals surface area (Å²) in [5.74, 6) is 0.827. The third-order valence-corrected chi connectivity index (χ3v) is 2.15. The van der Waals surface area contributed by atoms with Crippen LogP contribution in [0.4, 0.5) is 5.69 Å². The van der Waals surface area contributed by atoms with E-state index in [-0.39, 0.29) is 0 Å². The number of hydrogen-bond acceptors (Lipinski definition) is 2. The van der Waals surface area contributed by atoms with Crippen molar-refractivity contribution in [3.63, 3.8) is 0 Å². The van der Waals surface area contributed by atoms with Gasteiger partial charge in [-0.15, -0.1) is 0 Å². The second-order valence-electron chi connectivity index (χ2n) is 2.71. The molecule has 3 N–H and O–H groups in total. The van der Waals surface area contributed by atoms with Crippen molar-refractivity contribution in [3.05, 3.63) is 35.1 Å². The van der Waals surface area contributed by atoms with E-state index in [1.54, 1.807) is 12.4 Å². The molecule has 4 heteroatoms. The molecule has 0 amide bonds. The standard InChI is InChI=1S/C9H8BrN3/c10-7-3-6(4-8(11)5-7)9-12-1-2-13-9/h1-5H,11H2,(H,12,13). The minimum absolute atomic E-state index is 0.723. The topological polar surface area (TPSA) is 54.7 Å². The Bertz CT molecular complexity index is 389. The van der Waals surface area contributed by atoms with Crippen LogP contribution in [0.1, 0.15) is 0 Å². The minimum atomic E-state index is 0.723. The lowest BCUT2D eigenvalue weighted by Gasteiger charge is -2.00. The molecule has 66 valence electrons. The number of benzene rings is 1. The predicted octanol–water partition coefficient (Wildman–Crippen LogP) is 2.42. The molecule has 0 aliphatic carbocycles. The summed E-state index contributed by atoms with van der Waals surface area (Å²) in [6.07, 6.45) is 3.50. The van der Waals surface area contributed by atoms with Gasteiger partial charge in [0.15, 0.2) is 0 Å². The van der Waals surface area contributed by atoms with E-state index in [0.29, 0.717) is 0 Å². The Hall–Kier alpha value is -1.29. The number of hydrogen-bond donors (Lipinski definition) is 2. The van der Waals surface area contributed by atoms with Crippen molar-refractivity contribution in [2.75, 3.05) is 5.73 Å². The van der Waals surface area contributed by atoms with Crippen molar-refractivity contribution in [1.29, 1.82) is 0 Å². The van der Waals surface area contributed by atoms with Crippen molar-refractivity contribution in [2.24, 2.45) is 0 Å². The normalized spacial score (nSPS) is 10.2. The maximum Gasteiger partial charge on any atom is 0.137 e. The van der Waals surface area contributed by atoms with Gasteiger partial charge in [-0.25, -0.2) is 4.98 Å². The number of halogens is 1. The summed E-state index contributed by atoms with van der Waals surface area (Å²) >= 11 is 3.38. The van der Waals surface area contributed by atoms with Gasteiger partial charge in [-0.2, -0.15) is 0 Å². The lowest BCUT2D eigenvalue weighted by atomic mass is 10.2. The van der Waals surface area contributed by atoms with E-state index in [1.807, 2.05) is 18.2 Å². The lowest BCUT2D eigenvalue weighted by molar-refractivity contribution is 1.31. The summed E-state index contributed by atoms with van der Waals surface area (Å²) in [5, 5.41) is 0. The Morgan fingerprint density at radius 1 is 1.31 bits per heavy atom. The van der Waals surface area contributed by atoms with Gasteiger partial charge >= 0.3 is 0 Å². The average molecular weight is 238 g/mol. The van der Waals surface area contributed by atoms with Crippen LogP contribution in [0, 0.1) is 0 Å². The van der Waals surface area contributed by atoms with Crippen molar-refractivity contribution in [1.82, 2.24) is 9.97 Å². The number of anilines is 1. The summed E-state index contributed by atoms with van der Waals surface area (Å²) in [7, 11) is 0. The second-order valence-corrected chi connectivity index (χ2v) is 3.63. The number of nitrogens with two attached hydrogens (primary N) is 1. The molecule has 1 aromatic carbocycles. The monoisotopic (exact) mass is 237 g/mol. The molecule has 13 heavy (non-hydrogen) atoms. The van der Waals surface area contributed by atoms with Crippen LogP contribution in [0.25, 0.3) is 11.4 Å². The highest BCUT2D eigenvalue weighted by Crippen LogP contribution is 2.23. The van der Waals surface area contributed by atoms with Crippen LogP contribution in [0.3, 0.4) is 0 Å². The molecule has 1 aromatic heterocycles. The Morgan fingerprint density at radius 2 is 2.15 bits per heavy atom. The number of aromatic amines is 1. The fourth-order valence-corrected chi connectivity index (χ4v) is 1.68. The summed E-state index contributed by atoms with van der Waals surface area (Å²) < 4.78 is 0.957. The van der Waals surface area contributed by atoms with Crippen LogP contribution in [0.5, 0.6) is 0 Å².